The summed E-state index contributed by atoms with van der Waals surface area (Å²) in [6.07, 6.45) is 1.01. The van der Waals surface area contributed by atoms with Gasteiger partial charge in [0, 0.05) is 22.2 Å². The van der Waals surface area contributed by atoms with Crippen LogP contribution in [0.1, 0.15) is 21.7 Å². The number of anilines is 2. The van der Waals surface area contributed by atoms with Crippen molar-refractivity contribution in [3.05, 3.63) is 39.0 Å². The van der Waals surface area contributed by atoms with E-state index in [0.29, 0.717) is 6.04 Å². The molecule has 3 N–H and O–H groups in total. The van der Waals surface area contributed by atoms with Crippen molar-refractivity contribution in [2.75, 3.05) is 11.1 Å². The second kappa shape index (κ2) is 5.66. The first kappa shape index (κ1) is 14.4. The Morgan fingerprint density at radius 2 is 2.05 bits per heavy atom. The molecular weight excluding hydrogens is 298 g/mol. The van der Waals surface area contributed by atoms with Crippen LogP contribution in [-0.2, 0) is 6.42 Å². The first-order valence-corrected chi connectivity index (χ1v) is 8.63. The molecule has 0 fully saturated rings. The van der Waals surface area contributed by atoms with E-state index in [0.717, 1.165) is 33.0 Å². The third-order valence-corrected chi connectivity index (χ3v) is 5.33. The average Bonchev–Trinajstić information content (AvgIpc) is 2.95. The Morgan fingerprint density at radius 1 is 1.24 bits per heavy atom. The lowest BCUT2D eigenvalue weighted by atomic mass is 10.1. The number of hydrogen-bond acceptors (Lipinski definition) is 5. The van der Waals surface area contributed by atoms with Crippen LogP contribution in [0, 0.1) is 13.8 Å². The first-order chi connectivity index (χ1) is 10.0. The predicted molar refractivity (Wildman–Crippen MR) is 94.6 cm³/mol. The maximum Gasteiger partial charge on any atom is 0.0907 e. The van der Waals surface area contributed by atoms with Crippen LogP contribution in [0.15, 0.2) is 24.3 Å². The van der Waals surface area contributed by atoms with E-state index in [4.69, 9.17) is 5.73 Å². The van der Waals surface area contributed by atoms with Crippen molar-refractivity contribution in [3.8, 4) is 0 Å². The highest BCUT2D eigenvalue weighted by Crippen LogP contribution is 2.30. The van der Waals surface area contributed by atoms with Gasteiger partial charge in [-0.25, -0.2) is 4.98 Å². The van der Waals surface area contributed by atoms with Crippen molar-refractivity contribution < 1.29 is 0 Å². The summed E-state index contributed by atoms with van der Waals surface area (Å²) in [4.78, 5) is 7.29. The summed E-state index contributed by atoms with van der Waals surface area (Å²) >= 11 is 3.54. The molecule has 2 heterocycles. The number of thiazole rings is 1. The lowest BCUT2D eigenvalue weighted by molar-refractivity contribution is 0.801. The van der Waals surface area contributed by atoms with Gasteiger partial charge in [-0.2, -0.15) is 0 Å². The van der Waals surface area contributed by atoms with Gasteiger partial charge in [0.1, 0.15) is 0 Å². The second-order valence-electron chi connectivity index (χ2n) is 5.40. The average molecular weight is 317 g/mol. The number of aryl methyl sites for hydroxylation is 2. The number of nitrogens with two attached hydrogens (primary N) is 1. The summed E-state index contributed by atoms with van der Waals surface area (Å²) in [6.45, 7) is 6.35. The van der Waals surface area contributed by atoms with E-state index in [2.05, 4.69) is 42.3 Å². The van der Waals surface area contributed by atoms with E-state index < -0.39 is 0 Å². The Kier molecular flexibility index (Phi) is 3.87. The normalized spacial score (nSPS) is 12.7. The van der Waals surface area contributed by atoms with Crippen LogP contribution < -0.4 is 11.1 Å². The van der Waals surface area contributed by atoms with E-state index in [9.17, 15) is 0 Å². The molecule has 0 radical (unpaired) electrons. The Bertz CT molecular complexity index is 773. The van der Waals surface area contributed by atoms with Crippen molar-refractivity contribution in [2.45, 2.75) is 33.2 Å². The molecule has 3 rings (SSSR count). The third kappa shape index (κ3) is 3.19. The highest BCUT2D eigenvalue weighted by molar-refractivity contribution is 7.18. The molecule has 0 saturated heterocycles. The number of rotatable bonds is 4. The number of aromatic nitrogens is 1. The number of thiophene rings is 1. The minimum Gasteiger partial charge on any atom is -0.397 e. The van der Waals surface area contributed by atoms with Crippen molar-refractivity contribution in [3.63, 3.8) is 0 Å². The second-order valence-corrected chi connectivity index (χ2v) is 8.01. The lowest BCUT2D eigenvalue weighted by Crippen LogP contribution is -2.18. The monoisotopic (exact) mass is 317 g/mol. The zero-order chi connectivity index (χ0) is 15.0. The number of nitrogen functional groups attached to an aromatic ring is 1. The van der Waals surface area contributed by atoms with Crippen LogP contribution in [-0.4, -0.2) is 11.0 Å². The molecule has 5 heteroatoms. The Labute approximate surface area is 132 Å². The minimum absolute atomic E-state index is 0.336. The fraction of sp³-hybridized carbons (Fsp3) is 0.312. The summed E-state index contributed by atoms with van der Waals surface area (Å²) in [7, 11) is 0. The van der Waals surface area contributed by atoms with Crippen molar-refractivity contribution in [1.82, 2.24) is 4.98 Å². The van der Waals surface area contributed by atoms with Crippen LogP contribution in [0.25, 0.3) is 10.2 Å². The molecule has 0 amide bonds. The van der Waals surface area contributed by atoms with E-state index in [-0.39, 0.29) is 0 Å². The summed E-state index contributed by atoms with van der Waals surface area (Å²) < 4.78 is 1.15. The van der Waals surface area contributed by atoms with Gasteiger partial charge in [0.2, 0.25) is 0 Å². The van der Waals surface area contributed by atoms with Crippen LogP contribution in [0.2, 0.25) is 0 Å². The first-order valence-electron chi connectivity index (χ1n) is 7.00. The van der Waals surface area contributed by atoms with E-state index >= 15 is 0 Å². The minimum atomic E-state index is 0.336. The Hall–Kier alpha value is -1.59. The van der Waals surface area contributed by atoms with Crippen molar-refractivity contribution in [1.29, 1.82) is 0 Å². The van der Waals surface area contributed by atoms with Crippen molar-refractivity contribution in [2.24, 2.45) is 0 Å². The molecule has 3 aromatic rings. The summed E-state index contributed by atoms with van der Waals surface area (Å²) in [6, 6.07) is 8.79. The molecule has 110 valence electrons. The van der Waals surface area contributed by atoms with Crippen LogP contribution in [0.5, 0.6) is 0 Å². The number of nitrogens with one attached hydrogen (secondary N) is 1. The maximum absolute atomic E-state index is 6.16. The third-order valence-electron chi connectivity index (χ3n) is 3.37. The molecule has 0 bridgehead atoms. The molecule has 0 aliphatic rings. The zero-order valence-electron chi connectivity index (χ0n) is 12.4. The quantitative estimate of drug-likeness (QED) is 0.691. The van der Waals surface area contributed by atoms with Gasteiger partial charge in [-0.15, -0.1) is 22.7 Å². The number of fused-ring (bicyclic) bond motifs is 1. The van der Waals surface area contributed by atoms with Crippen LogP contribution in [0.4, 0.5) is 11.4 Å². The topological polar surface area (TPSA) is 50.9 Å². The molecular formula is C16H19N3S2. The summed E-state index contributed by atoms with van der Waals surface area (Å²) in [5, 5.41) is 4.59. The zero-order valence-corrected chi connectivity index (χ0v) is 14.1. The fourth-order valence-corrected chi connectivity index (χ4v) is 4.32. The number of hydrogen-bond donors (Lipinski definition) is 2. The predicted octanol–water partition coefficient (Wildman–Crippen LogP) is 4.60. The van der Waals surface area contributed by atoms with Crippen LogP contribution in [0.3, 0.4) is 0 Å². The van der Waals surface area contributed by atoms with Gasteiger partial charge < -0.3 is 11.1 Å². The molecule has 0 spiro atoms. The van der Waals surface area contributed by atoms with Gasteiger partial charge >= 0.3 is 0 Å². The number of nitrogens with zero attached hydrogens (tertiary/aromatic N) is 1. The smallest absolute Gasteiger partial charge is 0.0907 e. The van der Waals surface area contributed by atoms with Gasteiger partial charge in [-0.1, -0.05) is 0 Å². The molecule has 3 nitrogen and oxygen atoms in total. The van der Waals surface area contributed by atoms with E-state index in [1.54, 1.807) is 11.3 Å². The largest absolute Gasteiger partial charge is 0.397 e. The van der Waals surface area contributed by atoms with E-state index in [1.165, 1.54) is 9.75 Å². The standard InChI is InChI=1S/C16H19N3S2/c1-9(6-12-5-4-10(2)20-12)18-14-8-15-16(7-13(14)17)21-11(3)19-15/h4-5,7-9,18H,6,17H2,1-3H3. The van der Waals surface area contributed by atoms with Gasteiger partial charge in [-0.3, -0.25) is 0 Å². The highest BCUT2D eigenvalue weighted by Gasteiger charge is 2.10. The summed E-state index contributed by atoms with van der Waals surface area (Å²) in [5.41, 5.74) is 8.95. The molecule has 2 aromatic heterocycles. The van der Waals surface area contributed by atoms with Gasteiger partial charge in [-0.05, 0) is 45.0 Å². The lowest BCUT2D eigenvalue weighted by Gasteiger charge is -2.16. The maximum atomic E-state index is 6.16. The summed E-state index contributed by atoms with van der Waals surface area (Å²) in [5.74, 6) is 0. The van der Waals surface area contributed by atoms with E-state index in [1.807, 2.05) is 24.3 Å². The van der Waals surface area contributed by atoms with Gasteiger partial charge in [0.15, 0.2) is 0 Å². The van der Waals surface area contributed by atoms with Gasteiger partial charge in [0.05, 0.1) is 26.6 Å². The molecule has 1 aromatic carbocycles. The molecule has 0 aliphatic carbocycles. The molecule has 0 saturated carbocycles. The Balaban J connectivity index is 1.78. The molecule has 1 unspecified atom stereocenters. The van der Waals surface area contributed by atoms with Crippen LogP contribution >= 0.6 is 22.7 Å². The van der Waals surface area contributed by atoms with Crippen molar-refractivity contribution >= 4 is 44.3 Å². The number of benzene rings is 1. The highest BCUT2D eigenvalue weighted by atomic mass is 32.1. The van der Waals surface area contributed by atoms with Gasteiger partial charge in [0.25, 0.3) is 0 Å². The Morgan fingerprint density at radius 3 is 2.76 bits per heavy atom. The SMILES string of the molecule is Cc1ccc(CC(C)Nc2cc3nc(C)sc3cc2N)s1. The molecule has 0 aliphatic heterocycles. The fourth-order valence-electron chi connectivity index (χ4n) is 2.44. The molecule has 21 heavy (non-hydrogen) atoms. The molecule has 1 atom stereocenters.